The first kappa shape index (κ1) is 43.4. The largest absolute Gasteiger partial charge is 0.453 e. The van der Waals surface area contributed by atoms with Gasteiger partial charge in [-0.1, -0.05) is 76.2 Å². The number of ether oxygens (including phenoxy) is 4. The summed E-state index contributed by atoms with van der Waals surface area (Å²) in [4.78, 5) is 71.9. The van der Waals surface area contributed by atoms with Crippen LogP contribution in [0.3, 0.4) is 0 Å². The molecule has 16 nitrogen and oxygen atoms in total. The zero-order valence-corrected chi connectivity index (χ0v) is 36.2. The van der Waals surface area contributed by atoms with Crippen molar-refractivity contribution in [3.63, 3.8) is 0 Å². The quantitative estimate of drug-likeness (QED) is 0.126. The zero-order chi connectivity index (χ0) is 43.6. The maximum atomic E-state index is 14.2. The molecule has 4 amide bonds. The number of aromatic amines is 2. The minimum absolute atomic E-state index is 0.0526. The van der Waals surface area contributed by atoms with Crippen molar-refractivity contribution in [1.82, 2.24) is 40.4 Å². The number of amides is 4. The van der Waals surface area contributed by atoms with E-state index in [0.717, 1.165) is 52.9 Å². The van der Waals surface area contributed by atoms with Crippen molar-refractivity contribution >= 4 is 24.0 Å². The molecule has 5 heterocycles. The van der Waals surface area contributed by atoms with Crippen LogP contribution in [-0.4, -0.2) is 111 Å². The Bertz CT molecular complexity index is 2170. The SMILES string of the molecule is COC(=O)N[C@H](C(=O)N1CC2(C[C@H]1c1ncc(-c3ccc(-c4ccc(-c5cnc([C@@H]6CCCN6C(=O)[C@H](NC(=O)OC)C(C)C)[nH]5)cc4)cc3)[nH]1)O[C@@H](C)C[C@H](C)O2)C(C)C. The van der Waals surface area contributed by atoms with Crippen molar-refractivity contribution in [2.24, 2.45) is 11.8 Å². The number of methoxy groups -OCH3 is 2. The van der Waals surface area contributed by atoms with E-state index in [2.05, 4.69) is 49.9 Å². The molecule has 3 aliphatic rings. The average Bonchev–Trinajstić information content (AvgIpc) is 4.08. The third-order valence-corrected chi connectivity index (χ3v) is 11.9. The van der Waals surface area contributed by atoms with Gasteiger partial charge in [-0.3, -0.25) is 9.59 Å². The molecule has 3 saturated heterocycles. The molecular weight excluding hydrogens is 781 g/mol. The Balaban J connectivity index is 1.05. The highest BCUT2D eigenvalue weighted by Crippen LogP contribution is 2.45. The number of rotatable bonds is 11. The Hall–Kier alpha value is -5.74. The molecule has 6 atom stereocenters. The first-order valence-electron chi connectivity index (χ1n) is 21.2. The molecule has 326 valence electrons. The molecule has 1 spiro atoms. The standard InChI is InChI=1S/C45H58N8O8/c1-25(2)37(50-43(56)58-7)41(54)52-19-9-10-35(52)39-46-22-33(48-39)31-15-11-29(12-16-31)30-13-17-32(18-14-30)34-23-47-40(49-34)36-21-45(60-27(5)20-28(6)61-45)24-53(36)42(55)38(26(3)4)51-44(57)59-8/h11-18,22-23,25-28,35-38H,9-10,19-21,24H2,1-8H3,(H,46,48)(H,47,49)(H,50,56)(H,51,57)/t27-,28-,35-,36-,37+,38-/m0/s1. The maximum Gasteiger partial charge on any atom is 0.407 e. The van der Waals surface area contributed by atoms with Crippen molar-refractivity contribution < 1.29 is 38.1 Å². The topological polar surface area (TPSA) is 193 Å². The lowest BCUT2D eigenvalue weighted by molar-refractivity contribution is -0.303. The lowest BCUT2D eigenvalue weighted by Gasteiger charge is -2.40. The average molecular weight is 839 g/mol. The fraction of sp³-hybridized carbons (Fsp3) is 0.511. The number of likely N-dealkylation sites (tertiary alicyclic amines) is 2. The summed E-state index contributed by atoms with van der Waals surface area (Å²) >= 11 is 0. The maximum absolute atomic E-state index is 14.2. The first-order valence-corrected chi connectivity index (χ1v) is 21.2. The molecule has 4 aromatic rings. The molecule has 16 heteroatoms. The van der Waals surface area contributed by atoms with Gasteiger partial charge in [0.1, 0.15) is 23.7 Å². The molecule has 0 radical (unpaired) electrons. The third-order valence-electron chi connectivity index (χ3n) is 11.9. The predicted molar refractivity (Wildman–Crippen MR) is 227 cm³/mol. The Morgan fingerprint density at radius 1 is 0.705 bits per heavy atom. The second-order valence-electron chi connectivity index (χ2n) is 17.1. The molecule has 3 fully saturated rings. The van der Waals surface area contributed by atoms with Gasteiger partial charge in [0, 0.05) is 13.0 Å². The predicted octanol–water partition coefficient (Wildman–Crippen LogP) is 6.74. The fourth-order valence-corrected chi connectivity index (χ4v) is 8.87. The summed E-state index contributed by atoms with van der Waals surface area (Å²) in [6, 6.07) is 14.2. The van der Waals surface area contributed by atoms with Crippen LogP contribution >= 0.6 is 0 Å². The summed E-state index contributed by atoms with van der Waals surface area (Å²) in [6.45, 7) is 12.4. The van der Waals surface area contributed by atoms with E-state index >= 15 is 0 Å². The number of benzene rings is 2. The highest BCUT2D eigenvalue weighted by atomic mass is 16.7. The molecular formula is C45H58N8O8. The van der Waals surface area contributed by atoms with Gasteiger partial charge in [-0.05, 0) is 67.2 Å². The van der Waals surface area contributed by atoms with Crippen LogP contribution in [-0.2, 0) is 28.5 Å². The third kappa shape index (κ3) is 9.30. The molecule has 7 rings (SSSR count). The van der Waals surface area contributed by atoms with Gasteiger partial charge in [0.2, 0.25) is 11.8 Å². The van der Waals surface area contributed by atoms with Crippen molar-refractivity contribution in [1.29, 1.82) is 0 Å². The fourth-order valence-electron chi connectivity index (χ4n) is 8.87. The Morgan fingerprint density at radius 3 is 1.61 bits per heavy atom. The van der Waals surface area contributed by atoms with Gasteiger partial charge in [0.15, 0.2) is 5.79 Å². The Labute approximate surface area is 356 Å². The van der Waals surface area contributed by atoms with Crippen LogP contribution in [0.1, 0.15) is 91.0 Å². The van der Waals surface area contributed by atoms with Crippen molar-refractivity contribution in [2.45, 2.75) is 109 Å². The van der Waals surface area contributed by atoms with Crippen molar-refractivity contribution in [3.8, 4) is 33.6 Å². The summed E-state index contributed by atoms with van der Waals surface area (Å²) in [7, 11) is 2.56. The number of carbonyl (C=O) groups is 4. The van der Waals surface area contributed by atoms with Crippen LogP contribution in [0.4, 0.5) is 9.59 Å². The van der Waals surface area contributed by atoms with E-state index in [0.29, 0.717) is 24.6 Å². The van der Waals surface area contributed by atoms with Crippen LogP contribution < -0.4 is 10.6 Å². The van der Waals surface area contributed by atoms with E-state index in [1.54, 1.807) is 22.2 Å². The molecule has 2 aromatic heterocycles. The number of hydrogen-bond acceptors (Lipinski definition) is 10. The van der Waals surface area contributed by atoms with E-state index in [1.165, 1.54) is 14.2 Å². The summed E-state index contributed by atoms with van der Waals surface area (Å²) in [5, 5.41) is 5.41. The van der Waals surface area contributed by atoms with Crippen LogP contribution in [0.2, 0.25) is 0 Å². The number of alkyl carbamates (subject to hydrolysis) is 2. The van der Waals surface area contributed by atoms with E-state index in [1.807, 2.05) is 65.8 Å². The van der Waals surface area contributed by atoms with Crippen LogP contribution in [0.15, 0.2) is 60.9 Å². The van der Waals surface area contributed by atoms with E-state index < -0.39 is 36.1 Å². The van der Waals surface area contributed by atoms with Crippen LogP contribution in [0.25, 0.3) is 33.6 Å². The molecule has 2 aromatic carbocycles. The number of hydrogen-bond donors (Lipinski definition) is 4. The molecule has 0 unspecified atom stereocenters. The number of nitrogens with one attached hydrogen (secondary N) is 4. The van der Waals surface area contributed by atoms with Gasteiger partial charge in [0.05, 0.1) is 68.8 Å². The van der Waals surface area contributed by atoms with E-state index in [9.17, 15) is 19.2 Å². The van der Waals surface area contributed by atoms with Gasteiger partial charge in [-0.2, -0.15) is 0 Å². The number of H-pyrrole nitrogens is 2. The van der Waals surface area contributed by atoms with Gasteiger partial charge >= 0.3 is 12.2 Å². The number of aromatic nitrogens is 4. The molecule has 4 N–H and O–H groups in total. The monoisotopic (exact) mass is 838 g/mol. The first-order chi connectivity index (χ1) is 29.2. The normalized spacial score (nSPS) is 23.6. The molecule has 61 heavy (non-hydrogen) atoms. The van der Waals surface area contributed by atoms with Crippen molar-refractivity contribution in [2.75, 3.05) is 27.3 Å². The number of nitrogens with zero attached hydrogens (tertiary/aromatic N) is 4. The molecule has 3 aliphatic heterocycles. The van der Waals surface area contributed by atoms with Crippen LogP contribution in [0.5, 0.6) is 0 Å². The lowest BCUT2D eigenvalue weighted by Crippen LogP contribution is -2.53. The minimum Gasteiger partial charge on any atom is -0.453 e. The lowest BCUT2D eigenvalue weighted by atomic mass is 10.0. The van der Waals surface area contributed by atoms with E-state index in [4.69, 9.17) is 23.9 Å². The summed E-state index contributed by atoms with van der Waals surface area (Å²) in [5.74, 6) is -0.423. The highest BCUT2D eigenvalue weighted by molar-refractivity contribution is 5.87. The second kappa shape index (κ2) is 18.1. The Kier molecular flexibility index (Phi) is 12.9. The van der Waals surface area contributed by atoms with Gasteiger partial charge in [0.25, 0.3) is 0 Å². The van der Waals surface area contributed by atoms with Crippen LogP contribution in [0, 0.1) is 11.8 Å². The number of imidazole rings is 2. The summed E-state index contributed by atoms with van der Waals surface area (Å²) < 4.78 is 22.4. The molecule has 0 bridgehead atoms. The van der Waals surface area contributed by atoms with Gasteiger partial charge in [-0.15, -0.1) is 0 Å². The number of carbonyl (C=O) groups excluding carboxylic acids is 4. The molecule has 0 aliphatic carbocycles. The summed E-state index contributed by atoms with van der Waals surface area (Å²) in [6.07, 6.45) is 4.90. The minimum atomic E-state index is -1.01. The smallest absolute Gasteiger partial charge is 0.407 e. The second-order valence-corrected chi connectivity index (χ2v) is 17.1. The Morgan fingerprint density at radius 2 is 1.15 bits per heavy atom. The van der Waals surface area contributed by atoms with Gasteiger partial charge < -0.3 is 49.3 Å². The highest BCUT2D eigenvalue weighted by Gasteiger charge is 2.54. The summed E-state index contributed by atoms with van der Waals surface area (Å²) in [5.41, 5.74) is 5.59. The van der Waals surface area contributed by atoms with E-state index in [-0.39, 0.29) is 48.4 Å². The zero-order valence-electron chi connectivity index (χ0n) is 36.2. The van der Waals surface area contributed by atoms with Crippen molar-refractivity contribution in [3.05, 3.63) is 72.6 Å². The molecule has 0 saturated carbocycles. The van der Waals surface area contributed by atoms with Gasteiger partial charge in [-0.25, -0.2) is 19.6 Å².